The van der Waals surface area contributed by atoms with Crippen LogP contribution in [0.3, 0.4) is 0 Å². The second kappa shape index (κ2) is 18.1. The third kappa shape index (κ3) is 12.6. The maximum atomic E-state index is 13.3. The minimum Gasteiger partial charge on any atom is -0.497 e. The topological polar surface area (TPSA) is 81.7 Å². The van der Waals surface area contributed by atoms with Crippen molar-refractivity contribution >= 4 is 14.3 Å². The molecule has 0 saturated heterocycles. The average molecular weight is 695 g/mol. The van der Waals surface area contributed by atoms with Gasteiger partial charge in [-0.25, -0.2) is 0 Å². The molecule has 0 bridgehead atoms. The monoisotopic (exact) mass is 694 g/mol. The van der Waals surface area contributed by atoms with Crippen LogP contribution in [0.4, 0.5) is 0 Å². The van der Waals surface area contributed by atoms with Crippen LogP contribution in [0.2, 0.25) is 18.1 Å². The highest BCUT2D eigenvalue weighted by atomic mass is 28.4. The van der Waals surface area contributed by atoms with Crippen LogP contribution >= 0.6 is 0 Å². The van der Waals surface area contributed by atoms with Gasteiger partial charge in [-0.1, -0.05) is 75.4 Å². The Labute approximate surface area is 295 Å². The highest BCUT2D eigenvalue weighted by Crippen LogP contribution is 2.37. The van der Waals surface area contributed by atoms with E-state index in [2.05, 4.69) is 33.9 Å². The van der Waals surface area contributed by atoms with Crippen LogP contribution in [0.1, 0.15) is 64.7 Å². The van der Waals surface area contributed by atoms with E-state index in [4.69, 9.17) is 32.8 Å². The van der Waals surface area contributed by atoms with E-state index in [-0.39, 0.29) is 30.8 Å². The SMILES string of the molecule is COc1ccc(COC[C@](COC(=O)C(C)(C)C)(OCc2ccccc2)[C@@H](CCO[Si](C)(C)C(C)(C)C)OCc2ccc(OC)cc2)cc1. The summed E-state index contributed by atoms with van der Waals surface area (Å²) in [6.07, 6.45) is -0.0668. The smallest absolute Gasteiger partial charge is 0.311 e. The molecule has 49 heavy (non-hydrogen) atoms. The third-order valence-corrected chi connectivity index (χ3v) is 13.6. The molecule has 0 aliphatic heterocycles. The Morgan fingerprint density at radius 1 is 0.694 bits per heavy atom. The van der Waals surface area contributed by atoms with E-state index < -0.39 is 25.4 Å². The van der Waals surface area contributed by atoms with Crippen LogP contribution in [-0.2, 0) is 48.0 Å². The Kier molecular flexibility index (Phi) is 14.9. The maximum absolute atomic E-state index is 13.3. The van der Waals surface area contributed by atoms with Crippen LogP contribution in [0.15, 0.2) is 78.9 Å². The average Bonchev–Trinajstić information content (AvgIpc) is 3.07. The number of rotatable bonds is 19. The minimum atomic E-state index is -2.08. The van der Waals surface area contributed by atoms with Gasteiger partial charge in [0.05, 0.1) is 52.2 Å². The summed E-state index contributed by atoms with van der Waals surface area (Å²) < 4.78 is 43.5. The molecular weight excluding hydrogens is 637 g/mol. The molecule has 8 nitrogen and oxygen atoms in total. The molecule has 9 heteroatoms. The van der Waals surface area contributed by atoms with Gasteiger partial charge in [0.2, 0.25) is 0 Å². The number of hydrogen-bond donors (Lipinski definition) is 0. The van der Waals surface area contributed by atoms with E-state index in [0.29, 0.717) is 26.2 Å². The largest absolute Gasteiger partial charge is 0.497 e. The normalized spacial score (nSPS) is 14.2. The van der Waals surface area contributed by atoms with Crippen LogP contribution in [0.25, 0.3) is 0 Å². The second-order valence-corrected chi connectivity index (χ2v) is 19.9. The number of benzene rings is 3. The predicted molar refractivity (Wildman–Crippen MR) is 196 cm³/mol. The first kappa shape index (κ1) is 40.2. The first-order valence-corrected chi connectivity index (χ1v) is 19.9. The quantitative estimate of drug-likeness (QED) is 0.0911. The van der Waals surface area contributed by atoms with Gasteiger partial charge in [0.15, 0.2) is 13.9 Å². The zero-order chi connectivity index (χ0) is 36.1. The zero-order valence-corrected chi connectivity index (χ0v) is 32.3. The van der Waals surface area contributed by atoms with Crippen LogP contribution in [0.5, 0.6) is 11.5 Å². The fourth-order valence-corrected chi connectivity index (χ4v) is 5.79. The van der Waals surface area contributed by atoms with Crippen molar-refractivity contribution in [2.75, 3.05) is 34.0 Å². The predicted octanol–water partition coefficient (Wildman–Crippen LogP) is 8.76. The van der Waals surface area contributed by atoms with Gasteiger partial charge >= 0.3 is 5.97 Å². The molecule has 0 saturated carbocycles. The highest BCUT2D eigenvalue weighted by Gasteiger charge is 2.45. The van der Waals surface area contributed by atoms with Gasteiger partial charge in [-0.15, -0.1) is 0 Å². The van der Waals surface area contributed by atoms with Crippen molar-refractivity contribution in [3.05, 3.63) is 95.6 Å². The number of methoxy groups -OCH3 is 2. The van der Waals surface area contributed by atoms with Gasteiger partial charge in [-0.2, -0.15) is 0 Å². The Hall–Kier alpha value is -3.21. The zero-order valence-electron chi connectivity index (χ0n) is 31.3. The lowest BCUT2D eigenvalue weighted by molar-refractivity contribution is -0.217. The summed E-state index contributed by atoms with van der Waals surface area (Å²) in [5.74, 6) is 1.21. The van der Waals surface area contributed by atoms with E-state index in [0.717, 1.165) is 28.2 Å². The van der Waals surface area contributed by atoms with Gasteiger partial charge in [-0.3, -0.25) is 4.79 Å². The van der Waals surface area contributed by atoms with Crippen LogP contribution in [0, 0.1) is 5.41 Å². The summed E-state index contributed by atoms with van der Waals surface area (Å²) in [6, 6.07) is 25.5. The fraction of sp³-hybridized carbons (Fsp3) is 0.525. The number of esters is 1. The van der Waals surface area contributed by atoms with Crippen molar-refractivity contribution in [3.63, 3.8) is 0 Å². The Balaban J connectivity index is 2.02. The number of carbonyl (C=O) groups is 1. The van der Waals surface area contributed by atoms with Gasteiger partial charge in [0, 0.05) is 6.61 Å². The van der Waals surface area contributed by atoms with Crippen LogP contribution in [-0.4, -0.2) is 60.0 Å². The van der Waals surface area contributed by atoms with Crippen molar-refractivity contribution in [2.24, 2.45) is 5.41 Å². The summed E-state index contributed by atoms with van der Waals surface area (Å²) in [6.45, 7) is 18.1. The Morgan fingerprint density at radius 3 is 1.73 bits per heavy atom. The lowest BCUT2D eigenvalue weighted by Crippen LogP contribution is -2.55. The summed E-state index contributed by atoms with van der Waals surface area (Å²) in [5, 5.41) is 0.0388. The molecule has 3 aromatic carbocycles. The standard InChI is InChI=1S/C40H58O8Si/c1-38(2,3)37(41)46-30-40(47-28-31-14-12-11-13-15-31,29-44-26-32-16-20-34(42-7)21-17-32)36(24-25-48-49(9,10)39(4,5)6)45-27-33-18-22-35(43-8)23-19-33/h11-23,36H,24-30H2,1-10H3/t36-,40-/m1/s1. The molecule has 3 rings (SSSR count). The number of ether oxygens (including phenoxy) is 6. The fourth-order valence-electron chi connectivity index (χ4n) is 4.73. The molecule has 2 atom stereocenters. The molecule has 0 amide bonds. The van der Waals surface area contributed by atoms with Crippen molar-refractivity contribution in [1.29, 1.82) is 0 Å². The summed E-state index contributed by atoms with van der Waals surface area (Å²) in [4.78, 5) is 13.3. The summed E-state index contributed by atoms with van der Waals surface area (Å²) in [7, 11) is 1.21. The molecule has 0 aliphatic carbocycles. The first-order valence-electron chi connectivity index (χ1n) is 17.0. The molecule has 0 spiro atoms. The molecule has 0 aliphatic rings. The molecule has 0 N–H and O–H groups in total. The lowest BCUT2D eigenvalue weighted by atomic mass is 9.94. The first-order chi connectivity index (χ1) is 23.1. The molecule has 0 radical (unpaired) electrons. The van der Waals surface area contributed by atoms with Crippen molar-refractivity contribution < 1.29 is 37.6 Å². The van der Waals surface area contributed by atoms with Gasteiger partial charge in [0.1, 0.15) is 18.1 Å². The van der Waals surface area contributed by atoms with Gasteiger partial charge in [-0.05, 0) is 86.3 Å². The molecule has 0 unspecified atom stereocenters. The lowest BCUT2D eigenvalue weighted by Gasteiger charge is -2.41. The van der Waals surface area contributed by atoms with Gasteiger partial charge in [0.25, 0.3) is 0 Å². The summed E-state index contributed by atoms with van der Waals surface area (Å²) in [5.41, 5.74) is 1.04. The minimum absolute atomic E-state index is 0.0388. The summed E-state index contributed by atoms with van der Waals surface area (Å²) >= 11 is 0. The molecule has 3 aromatic rings. The van der Waals surface area contributed by atoms with Crippen molar-refractivity contribution in [2.45, 2.75) is 97.6 Å². The van der Waals surface area contributed by atoms with E-state index in [1.54, 1.807) is 14.2 Å². The molecule has 270 valence electrons. The van der Waals surface area contributed by atoms with Gasteiger partial charge < -0.3 is 32.8 Å². The molecule has 0 heterocycles. The molecular formula is C40H58O8Si. The van der Waals surface area contributed by atoms with Crippen molar-refractivity contribution in [3.8, 4) is 11.5 Å². The van der Waals surface area contributed by atoms with E-state index in [1.165, 1.54) is 0 Å². The van der Waals surface area contributed by atoms with Crippen molar-refractivity contribution in [1.82, 2.24) is 0 Å². The highest BCUT2D eigenvalue weighted by molar-refractivity contribution is 6.74. The second-order valence-electron chi connectivity index (χ2n) is 15.1. The number of carbonyl (C=O) groups excluding carboxylic acids is 1. The Morgan fingerprint density at radius 2 is 1.22 bits per heavy atom. The Bertz CT molecular complexity index is 1400. The maximum Gasteiger partial charge on any atom is 0.311 e. The van der Waals surface area contributed by atoms with Crippen LogP contribution < -0.4 is 9.47 Å². The third-order valence-electron chi connectivity index (χ3n) is 9.05. The molecule has 0 aromatic heterocycles. The van der Waals surface area contributed by atoms with E-state index in [1.807, 2.05) is 99.6 Å². The van der Waals surface area contributed by atoms with E-state index in [9.17, 15) is 4.79 Å². The molecule has 0 fully saturated rings. The number of hydrogen-bond acceptors (Lipinski definition) is 8. The van der Waals surface area contributed by atoms with E-state index >= 15 is 0 Å².